The Morgan fingerprint density at radius 3 is 2.08 bits per heavy atom. The summed E-state index contributed by atoms with van der Waals surface area (Å²) in [5.41, 5.74) is 1.84. The Morgan fingerprint density at radius 1 is 0.923 bits per heavy atom. The van der Waals surface area contributed by atoms with Gasteiger partial charge in [0.15, 0.2) is 11.5 Å². The van der Waals surface area contributed by atoms with Gasteiger partial charge in [-0.1, -0.05) is 0 Å². The highest BCUT2D eigenvalue weighted by Gasteiger charge is 2.20. The summed E-state index contributed by atoms with van der Waals surface area (Å²) in [7, 11) is 6.13. The number of nitrogens with zero attached hydrogens (tertiary/aromatic N) is 1. The molecule has 0 spiro atoms. The maximum Gasteiger partial charge on any atom is 0.299 e. The van der Waals surface area contributed by atoms with Crippen LogP contribution in [0.2, 0.25) is 0 Å². The highest BCUT2D eigenvalue weighted by molar-refractivity contribution is 5.99. The van der Waals surface area contributed by atoms with Gasteiger partial charge in [-0.05, 0) is 42.8 Å². The van der Waals surface area contributed by atoms with Gasteiger partial charge >= 0.3 is 0 Å². The Hall–Kier alpha value is -3.22. The first-order chi connectivity index (χ1) is 12.6. The lowest BCUT2D eigenvalue weighted by atomic mass is 10.1. The number of aryl methyl sites for hydroxylation is 1. The molecule has 2 aromatic carbocycles. The van der Waals surface area contributed by atoms with Crippen LogP contribution >= 0.6 is 0 Å². The summed E-state index contributed by atoms with van der Waals surface area (Å²) in [5, 5.41) is 0. The fourth-order valence-electron chi connectivity index (χ4n) is 2.44. The predicted octanol–water partition coefficient (Wildman–Crippen LogP) is 3.28. The standard InChI is InChI=1S/C19H21NO6/c1-12-10-15(23-3)17(24-4)18(25-5)16(12)20-19(26-11-21)13-6-8-14(22-2)9-7-13/h6-11H,1-5H3. The molecule has 0 atom stereocenters. The van der Waals surface area contributed by atoms with E-state index in [-0.39, 0.29) is 5.90 Å². The minimum absolute atomic E-state index is 0.122. The smallest absolute Gasteiger partial charge is 0.299 e. The Morgan fingerprint density at radius 2 is 1.58 bits per heavy atom. The third-order valence-corrected chi connectivity index (χ3v) is 3.70. The summed E-state index contributed by atoms with van der Waals surface area (Å²) in [6.45, 7) is 2.17. The van der Waals surface area contributed by atoms with E-state index in [2.05, 4.69) is 4.99 Å². The molecule has 2 aromatic rings. The van der Waals surface area contributed by atoms with Crippen molar-refractivity contribution in [2.24, 2.45) is 4.99 Å². The number of benzene rings is 2. The van der Waals surface area contributed by atoms with Crippen molar-refractivity contribution in [1.82, 2.24) is 0 Å². The van der Waals surface area contributed by atoms with Crippen LogP contribution in [0, 0.1) is 6.92 Å². The first-order valence-corrected chi connectivity index (χ1v) is 7.72. The molecule has 0 heterocycles. The molecular weight excluding hydrogens is 338 g/mol. The fourth-order valence-corrected chi connectivity index (χ4v) is 2.44. The quantitative estimate of drug-likeness (QED) is 0.429. The maximum absolute atomic E-state index is 11.0. The van der Waals surface area contributed by atoms with Crippen molar-refractivity contribution in [3.63, 3.8) is 0 Å². The van der Waals surface area contributed by atoms with Gasteiger partial charge in [-0.2, -0.15) is 0 Å². The molecule has 0 aromatic heterocycles. The summed E-state index contributed by atoms with van der Waals surface area (Å²) >= 11 is 0. The molecule has 0 saturated heterocycles. The van der Waals surface area contributed by atoms with Crippen LogP contribution in [-0.2, 0) is 9.53 Å². The largest absolute Gasteiger partial charge is 0.497 e. The molecule has 0 radical (unpaired) electrons. The second kappa shape index (κ2) is 8.75. The molecule has 138 valence electrons. The van der Waals surface area contributed by atoms with Crippen molar-refractivity contribution in [2.45, 2.75) is 6.92 Å². The lowest BCUT2D eigenvalue weighted by Crippen LogP contribution is -2.06. The van der Waals surface area contributed by atoms with E-state index >= 15 is 0 Å². The Bertz CT molecular complexity index is 799. The first kappa shape index (κ1) is 19.1. The number of ether oxygens (including phenoxy) is 5. The van der Waals surface area contributed by atoms with E-state index < -0.39 is 0 Å². The number of hydrogen-bond acceptors (Lipinski definition) is 7. The van der Waals surface area contributed by atoms with Crippen LogP contribution in [0.5, 0.6) is 23.0 Å². The Balaban J connectivity index is 2.63. The molecule has 0 unspecified atom stereocenters. The van der Waals surface area contributed by atoms with Gasteiger partial charge in [0.1, 0.15) is 11.4 Å². The van der Waals surface area contributed by atoms with Crippen molar-refractivity contribution in [1.29, 1.82) is 0 Å². The SMILES string of the molecule is COc1ccc(C(=Nc2c(C)cc(OC)c(OC)c2OC)OC=O)cc1. The molecule has 0 aliphatic rings. The zero-order chi connectivity index (χ0) is 19.1. The van der Waals surface area contributed by atoms with Gasteiger partial charge in [-0.15, -0.1) is 0 Å². The van der Waals surface area contributed by atoms with E-state index in [9.17, 15) is 4.79 Å². The molecule has 0 aliphatic heterocycles. The normalized spacial score (nSPS) is 10.9. The number of rotatable bonds is 7. The highest BCUT2D eigenvalue weighted by Crippen LogP contribution is 2.46. The van der Waals surface area contributed by atoms with Gasteiger partial charge in [0, 0.05) is 5.56 Å². The Kier molecular flexibility index (Phi) is 6.43. The van der Waals surface area contributed by atoms with Crippen LogP contribution in [0.25, 0.3) is 0 Å². The average molecular weight is 359 g/mol. The molecule has 0 bridgehead atoms. The van der Waals surface area contributed by atoms with Crippen molar-refractivity contribution < 1.29 is 28.5 Å². The van der Waals surface area contributed by atoms with Crippen LogP contribution in [-0.4, -0.2) is 40.8 Å². The first-order valence-electron chi connectivity index (χ1n) is 7.72. The van der Waals surface area contributed by atoms with Crippen LogP contribution in [0.4, 0.5) is 5.69 Å². The van der Waals surface area contributed by atoms with E-state index in [1.807, 2.05) is 6.92 Å². The van der Waals surface area contributed by atoms with E-state index in [0.717, 1.165) is 5.56 Å². The zero-order valence-electron chi connectivity index (χ0n) is 15.4. The van der Waals surface area contributed by atoms with Crippen molar-refractivity contribution in [3.8, 4) is 23.0 Å². The number of carbonyl (C=O) groups excluding carboxylic acids is 1. The van der Waals surface area contributed by atoms with Crippen LogP contribution in [0.1, 0.15) is 11.1 Å². The highest BCUT2D eigenvalue weighted by atomic mass is 16.5. The summed E-state index contributed by atoms with van der Waals surface area (Å²) < 4.78 is 26.4. The summed E-state index contributed by atoms with van der Waals surface area (Å²) in [6, 6.07) is 8.75. The zero-order valence-corrected chi connectivity index (χ0v) is 15.4. The van der Waals surface area contributed by atoms with Gasteiger partial charge in [-0.3, -0.25) is 4.79 Å². The Labute approximate surface area is 152 Å². The fraction of sp³-hybridized carbons (Fsp3) is 0.263. The second-order valence-electron chi connectivity index (χ2n) is 5.17. The molecular formula is C19H21NO6. The van der Waals surface area contributed by atoms with Crippen LogP contribution < -0.4 is 18.9 Å². The number of carbonyl (C=O) groups is 1. The van der Waals surface area contributed by atoms with Crippen LogP contribution in [0.3, 0.4) is 0 Å². The average Bonchev–Trinajstić information content (AvgIpc) is 2.68. The molecule has 0 fully saturated rings. The summed E-state index contributed by atoms with van der Waals surface area (Å²) in [5.74, 6) is 2.10. The number of hydrogen-bond donors (Lipinski definition) is 0. The van der Waals surface area contributed by atoms with Gasteiger partial charge in [0.05, 0.1) is 28.4 Å². The maximum atomic E-state index is 11.0. The minimum atomic E-state index is 0.122. The minimum Gasteiger partial charge on any atom is -0.497 e. The summed E-state index contributed by atoms with van der Waals surface area (Å²) in [6.07, 6.45) is 0. The van der Waals surface area contributed by atoms with E-state index in [4.69, 9.17) is 23.7 Å². The van der Waals surface area contributed by atoms with Gasteiger partial charge in [0.2, 0.25) is 11.6 Å². The molecule has 7 heteroatoms. The molecule has 7 nitrogen and oxygen atoms in total. The lowest BCUT2D eigenvalue weighted by Gasteiger charge is -2.16. The van der Waals surface area contributed by atoms with E-state index in [1.54, 1.807) is 37.4 Å². The number of aliphatic imine (C=N–C) groups is 1. The second-order valence-corrected chi connectivity index (χ2v) is 5.17. The van der Waals surface area contributed by atoms with E-state index in [0.29, 0.717) is 40.7 Å². The topological polar surface area (TPSA) is 75.6 Å². The molecule has 0 N–H and O–H groups in total. The molecule has 2 rings (SSSR count). The third-order valence-electron chi connectivity index (χ3n) is 3.70. The van der Waals surface area contributed by atoms with Crippen LogP contribution in [0.15, 0.2) is 35.3 Å². The monoisotopic (exact) mass is 359 g/mol. The van der Waals surface area contributed by atoms with Gasteiger partial charge < -0.3 is 23.7 Å². The molecule has 0 aliphatic carbocycles. The van der Waals surface area contributed by atoms with Crippen molar-refractivity contribution in [2.75, 3.05) is 28.4 Å². The lowest BCUT2D eigenvalue weighted by molar-refractivity contribution is -0.121. The molecule has 26 heavy (non-hydrogen) atoms. The van der Waals surface area contributed by atoms with Gasteiger partial charge in [-0.25, -0.2) is 4.99 Å². The molecule has 0 saturated carbocycles. The third kappa shape index (κ3) is 3.88. The van der Waals surface area contributed by atoms with Gasteiger partial charge in [0.25, 0.3) is 6.47 Å². The molecule has 0 amide bonds. The summed E-state index contributed by atoms with van der Waals surface area (Å²) in [4.78, 5) is 15.5. The number of methoxy groups -OCH3 is 4. The predicted molar refractivity (Wildman–Crippen MR) is 97.2 cm³/mol. The van der Waals surface area contributed by atoms with E-state index in [1.165, 1.54) is 21.3 Å². The van der Waals surface area contributed by atoms with Crippen molar-refractivity contribution >= 4 is 18.1 Å². The van der Waals surface area contributed by atoms with Crippen molar-refractivity contribution in [3.05, 3.63) is 41.5 Å².